The molecule has 4 nitrogen and oxygen atoms in total. The van der Waals surface area contributed by atoms with Crippen LogP contribution in [0.5, 0.6) is 0 Å². The number of rotatable bonds is 4. The first-order valence-corrected chi connectivity index (χ1v) is 19.3. The lowest BCUT2D eigenvalue weighted by Gasteiger charge is -2.14. The maximum atomic E-state index is 6.64. The minimum absolute atomic E-state index is 0.561. The average molecular weight is 720 g/mol. The van der Waals surface area contributed by atoms with Crippen LogP contribution < -0.4 is 0 Å². The molecule has 0 amide bonds. The highest BCUT2D eigenvalue weighted by Crippen LogP contribution is 2.48. The fourth-order valence-electron chi connectivity index (χ4n) is 8.61. The second kappa shape index (κ2) is 11.7. The van der Waals surface area contributed by atoms with Crippen molar-refractivity contribution in [3.63, 3.8) is 0 Å². The minimum atomic E-state index is 0.561. The lowest BCUT2D eigenvalue weighted by molar-refractivity contribution is 0.651. The zero-order valence-corrected chi connectivity index (χ0v) is 30.2. The van der Waals surface area contributed by atoms with Crippen molar-refractivity contribution in [2.45, 2.75) is 0 Å². The molecule has 12 aromatic rings. The van der Waals surface area contributed by atoms with Crippen LogP contribution in [0.15, 0.2) is 180 Å². The lowest BCUT2D eigenvalue weighted by Crippen LogP contribution is -2.03. The third-order valence-electron chi connectivity index (χ3n) is 11.0. The molecule has 0 aliphatic carbocycles. The first-order chi connectivity index (χ1) is 27.3. The molecule has 256 valence electrons. The molecule has 0 aliphatic heterocycles. The van der Waals surface area contributed by atoms with Gasteiger partial charge < -0.3 is 4.42 Å². The Morgan fingerprint density at radius 2 is 1.02 bits per heavy atom. The maximum absolute atomic E-state index is 6.64. The van der Waals surface area contributed by atoms with Crippen molar-refractivity contribution in [2.24, 2.45) is 0 Å². The first kappa shape index (κ1) is 30.4. The Kier molecular flexibility index (Phi) is 6.47. The molecule has 0 saturated heterocycles. The van der Waals surface area contributed by atoms with Gasteiger partial charge in [0.1, 0.15) is 5.58 Å². The molecule has 0 atom stereocenters. The molecular formula is C50H29N3OS. The Morgan fingerprint density at radius 1 is 0.436 bits per heavy atom. The molecule has 0 radical (unpaired) electrons. The number of nitrogens with zero attached hydrogens (tertiary/aromatic N) is 3. The van der Waals surface area contributed by atoms with Gasteiger partial charge in [-0.15, -0.1) is 11.3 Å². The van der Waals surface area contributed by atoms with Gasteiger partial charge in [0.15, 0.2) is 0 Å². The zero-order chi connectivity index (χ0) is 36.0. The van der Waals surface area contributed by atoms with Gasteiger partial charge in [0.2, 0.25) is 11.7 Å². The van der Waals surface area contributed by atoms with Crippen LogP contribution in [0.3, 0.4) is 0 Å². The van der Waals surface area contributed by atoms with E-state index in [0.717, 1.165) is 66.3 Å². The van der Waals surface area contributed by atoms with Gasteiger partial charge in [-0.1, -0.05) is 140 Å². The van der Waals surface area contributed by atoms with E-state index in [4.69, 9.17) is 14.4 Å². The third-order valence-corrected chi connectivity index (χ3v) is 12.2. The van der Waals surface area contributed by atoms with E-state index >= 15 is 0 Å². The molecule has 55 heavy (non-hydrogen) atoms. The fourth-order valence-corrected chi connectivity index (χ4v) is 9.89. The highest BCUT2D eigenvalue weighted by molar-refractivity contribution is 7.27. The maximum Gasteiger partial charge on any atom is 0.238 e. The SMILES string of the molecule is c1ccc(-c2cc(-c3ccccc3)cc(-c3nc(-n4c5ccccc5c5c6sc7ccccc7c6c6ccccc6c54)nc4oc5ccccc5c34)c2)cc1. The molecule has 0 spiro atoms. The van der Waals surface area contributed by atoms with E-state index in [2.05, 4.69) is 168 Å². The Labute approximate surface area is 319 Å². The van der Waals surface area contributed by atoms with Gasteiger partial charge in [0.05, 0.1) is 22.1 Å². The van der Waals surface area contributed by atoms with Crippen LogP contribution in [-0.4, -0.2) is 14.5 Å². The van der Waals surface area contributed by atoms with Crippen LogP contribution in [-0.2, 0) is 0 Å². The summed E-state index contributed by atoms with van der Waals surface area (Å²) in [7, 11) is 0. The van der Waals surface area contributed by atoms with Crippen LogP contribution in [0.2, 0.25) is 0 Å². The number of fused-ring (bicyclic) bond motifs is 13. The Bertz CT molecular complexity index is 3430. The molecule has 0 bridgehead atoms. The van der Waals surface area contributed by atoms with E-state index in [1.165, 1.54) is 36.3 Å². The molecule has 0 aliphatic rings. The summed E-state index contributed by atoms with van der Waals surface area (Å²) in [4.78, 5) is 11.0. The molecule has 4 aromatic heterocycles. The van der Waals surface area contributed by atoms with Gasteiger partial charge >= 0.3 is 0 Å². The summed E-state index contributed by atoms with van der Waals surface area (Å²) in [6, 6.07) is 62.4. The molecular weight excluding hydrogens is 691 g/mol. The van der Waals surface area contributed by atoms with Crippen LogP contribution in [0, 0.1) is 0 Å². The summed E-state index contributed by atoms with van der Waals surface area (Å²) in [5.74, 6) is 0.574. The first-order valence-electron chi connectivity index (χ1n) is 18.5. The number of hydrogen-bond donors (Lipinski definition) is 0. The number of para-hydroxylation sites is 2. The number of benzene rings is 8. The van der Waals surface area contributed by atoms with Crippen molar-refractivity contribution in [3.05, 3.63) is 176 Å². The quantitative estimate of drug-likeness (QED) is 0.182. The van der Waals surface area contributed by atoms with E-state index < -0.39 is 0 Å². The summed E-state index contributed by atoms with van der Waals surface area (Å²) in [5, 5.41) is 9.26. The molecule has 0 saturated carbocycles. The van der Waals surface area contributed by atoms with Crippen molar-refractivity contribution in [1.82, 2.24) is 14.5 Å². The summed E-state index contributed by atoms with van der Waals surface area (Å²) in [6.07, 6.45) is 0. The Morgan fingerprint density at radius 3 is 1.76 bits per heavy atom. The van der Waals surface area contributed by atoms with Crippen molar-refractivity contribution in [1.29, 1.82) is 0 Å². The average Bonchev–Trinajstić information content (AvgIpc) is 3.94. The standard InChI is InChI=1S/C50H29N3OS/c1-3-15-30(16-4-1)32-27-33(31-17-5-2-6-18-31)29-34(28-32)46-44-38-22-10-13-25-41(38)54-49(44)52-50(51-46)53-40-24-12-9-21-37(40)45-47(53)36-20-8-7-19-35(36)43-39-23-11-14-26-42(39)55-48(43)45/h1-29H. The largest absolute Gasteiger partial charge is 0.437 e. The molecule has 0 N–H and O–H groups in total. The van der Waals surface area contributed by atoms with Crippen molar-refractivity contribution < 1.29 is 4.42 Å². The van der Waals surface area contributed by atoms with E-state index in [0.29, 0.717) is 11.7 Å². The van der Waals surface area contributed by atoms with E-state index in [9.17, 15) is 0 Å². The van der Waals surface area contributed by atoms with Gasteiger partial charge in [-0.05, 0) is 64.0 Å². The molecule has 5 heteroatoms. The summed E-state index contributed by atoms with van der Waals surface area (Å²) in [5.41, 5.74) is 9.85. The van der Waals surface area contributed by atoms with Crippen molar-refractivity contribution in [2.75, 3.05) is 0 Å². The van der Waals surface area contributed by atoms with Crippen molar-refractivity contribution >= 4 is 86.2 Å². The smallest absolute Gasteiger partial charge is 0.238 e. The number of hydrogen-bond acceptors (Lipinski definition) is 4. The zero-order valence-electron chi connectivity index (χ0n) is 29.4. The number of thiophene rings is 1. The van der Waals surface area contributed by atoms with Crippen LogP contribution in [0.1, 0.15) is 0 Å². The summed E-state index contributed by atoms with van der Waals surface area (Å²) < 4.78 is 11.5. The van der Waals surface area contributed by atoms with E-state index in [1.807, 2.05) is 23.5 Å². The van der Waals surface area contributed by atoms with Crippen LogP contribution >= 0.6 is 11.3 Å². The predicted octanol–water partition coefficient (Wildman–Crippen LogP) is 14.0. The second-order valence-electron chi connectivity index (χ2n) is 14.1. The minimum Gasteiger partial charge on any atom is -0.437 e. The predicted molar refractivity (Wildman–Crippen MR) is 230 cm³/mol. The Balaban J connectivity index is 1.24. The highest BCUT2D eigenvalue weighted by atomic mass is 32.1. The summed E-state index contributed by atoms with van der Waals surface area (Å²) in [6.45, 7) is 0. The topological polar surface area (TPSA) is 43.9 Å². The molecule has 4 heterocycles. The monoisotopic (exact) mass is 719 g/mol. The molecule has 8 aromatic carbocycles. The highest BCUT2D eigenvalue weighted by Gasteiger charge is 2.25. The van der Waals surface area contributed by atoms with Crippen LogP contribution in [0.4, 0.5) is 0 Å². The normalized spacial score (nSPS) is 12.0. The lowest BCUT2D eigenvalue weighted by atomic mass is 9.94. The van der Waals surface area contributed by atoms with Crippen molar-refractivity contribution in [3.8, 4) is 39.5 Å². The molecule has 0 fully saturated rings. The third kappa shape index (κ3) is 4.51. The second-order valence-corrected chi connectivity index (χ2v) is 15.2. The van der Waals surface area contributed by atoms with Gasteiger partial charge in [0.25, 0.3) is 0 Å². The fraction of sp³-hybridized carbons (Fsp3) is 0. The number of furan rings is 1. The number of aromatic nitrogens is 3. The molecule has 12 rings (SSSR count). The summed E-state index contributed by atoms with van der Waals surface area (Å²) >= 11 is 1.86. The van der Waals surface area contributed by atoms with Gasteiger partial charge in [-0.3, -0.25) is 4.57 Å². The van der Waals surface area contributed by atoms with E-state index in [-0.39, 0.29) is 0 Å². The van der Waals surface area contributed by atoms with Gasteiger partial charge in [-0.25, -0.2) is 4.98 Å². The molecule has 0 unspecified atom stereocenters. The van der Waals surface area contributed by atoms with E-state index in [1.54, 1.807) is 0 Å². The van der Waals surface area contributed by atoms with Gasteiger partial charge in [-0.2, -0.15) is 4.98 Å². The van der Waals surface area contributed by atoms with Gasteiger partial charge in [0, 0.05) is 47.3 Å². The van der Waals surface area contributed by atoms with Crippen LogP contribution in [0.25, 0.3) is 114 Å². The Hall–Kier alpha value is -7.08.